The van der Waals surface area contributed by atoms with Crippen molar-refractivity contribution in [1.29, 1.82) is 0 Å². The van der Waals surface area contributed by atoms with E-state index in [1.807, 2.05) is 73.7 Å². The molecule has 1 aliphatic carbocycles. The second kappa shape index (κ2) is 5.96. The number of fused-ring (bicyclic) bond motifs is 3. The molecule has 0 bridgehead atoms. The van der Waals surface area contributed by atoms with Crippen LogP contribution in [0.4, 0.5) is 0 Å². The van der Waals surface area contributed by atoms with E-state index in [2.05, 4.69) is 0 Å². The number of aryl methyl sites for hydroxylation is 1. The number of rotatable bonds is 1. The number of phenolic OH excluding ortho intramolecular Hbond substituents is 2. The summed E-state index contributed by atoms with van der Waals surface area (Å²) in [4.78, 5) is 13.0. The minimum Gasteiger partial charge on any atom is -0.507 e. The van der Waals surface area contributed by atoms with Crippen LogP contribution in [0.5, 0.6) is 11.5 Å². The fraction of sp³-hybridized carbons (Fsp3) is 0.0800. The van der Waals surface area contributed by atoms with Gasteiger partial charge in [0, 0.05) is 33.4 Å². The molecule has 0 atom stereocenters. The molecule has 0 fully saturated rings. The summed E-state index contributed by atoms with van der Waals surface area (Å²) in [6, 6.07) is 22.2. The molecule has 1 aliphatic rings. The van der Waals surface area contributed by atoms with Crippen molar-refractivity contribution in [2.24, 2.45) is 0 Å². The molecular weight excluding hydrogens is 348 g/mol. The van der Waals surface area contributed by atoms with E-state index in [4.69, 9.17) is 0 Å². The van der Waals surface area contributed by atoms with Crippen LogP contribution in [0.15, 0.2) is 72.8 Å². The number of carbonyl (C=O) groups excluding carboxylic acids is 1. The summed E-state index contributed by atoms with van der Waals surface area (Å²) in [6.07, 6.45) is 0. The first kappa shape index (κ1) is 16.6. The first-order valence-electron chi connectivity index (χ1n) is 9.24. The van der Waals surface area contributed by atoms with Gasteiger partial charge in [-0.25, -0.2) is 0 Å². The van der Waals surface area contributed by atoms with Crippen LogP contribution in [0.1, 0.15) is 44.1 Å². The molecule has 0 heterocycles. The number of aromatic hydroxyl groups is 2. The van der Waals surface area contributed by atoms with Gasteiger partial charge in [-0.2, -0.15) is 0 Å². The quantitative estimate of drug-likeness (QED) is 0.397. The Balaban J connectivity index is 1.87. The van der Waals surface area contributed by atoms with Crippen LogP contribution >= 0.6 is 0 Å². The summed E-state index contributed by atoms with van der Waals surface area (Å²) in [5, 5.41) is 23.2. The predicted octanol–water partition coefficient (Wildman–Crippen LogP) is 5.28. The van der Waals surface area contributed by atoms with Crippen LogP contribution < -0.4 is 0 Å². The van der Waals surface area contributed by atoms with E-state index in [0.29, 0.717) is 27.5 Å². The van der Waals surface area contributed by atoms with Crippen LogP contribution in [0.2, 0.25) is 0 Å². The average molecular weight is 366 g/mol. The van der Waals surface area contributed by atoms with Crippen LogP contribution in [0.3, 0.4) is 0 Å². The van der Waals surface area contributed by atoms with Crippen LogP contribution in [0, 0.1) is 6.92 Å². The van der Waals surface area contributed by atoms with Gasteiger partial charge in [-0.1, -0.05) is 66.7 Å². The van der Waals surface area contributed by atoms with E-state index in [1.165, 1.54) is 0 Å². The number of benzene rings is 4. The average Bonchev–Trinajstić information content (AvgIpc) is 2.71. The van der Waals surface area contributed by atoms with Gasteiger partial charge in [0.1, 0.15) is 11.5 Å². The maximum absolute atomic E-state index is 13.0. The van der Waals surface area contributed by atoms with Crippen molar-refractivity contribution in [2.45, 2.75) is 12.8 Å². The largest absolute Gasteiger partial charge is 0.507 e. The molecule has 0 aliphatic heterocycles. The Bertz CT molecular complexity index is 1220. The topological polar surface area (TPSA) is 57.5 Å². The molecular formula is C25H18O3. The SMILES string of the molecule is Cc1cccc2c(O)c(C3c4ccccc4C(=O)c4ccccc43)cc(O)c12. The van der Waals surface area contributed by atoms with Gasteiger partial charge in [0.2, 0.25) is 0 Å². The fourth-order valence-electron chi connectivity index (χ4n) is 4.43. The minimum atomic E-state index is -0.332. The lowest BCUT2D eigenvalue weighted by Crippen LogP contribution is -2.20. The molecule has 3 heteroatoms. The molecule has 4 aromatic rings. The maximum Gasteiger partial charge on any atom is 0.193 e. The van der Waals surface area contributed by atoms with Gasteiger partial charge >= 0.3 is 0 Å². The van der Waals surface area contributed by atoms with Gasteiger partial charge in [0.25, 0.3) is 0 Å². The van der Waals surface area contributed by atoms with Crippen molar-refractivity contribution in [2.75, 3.05) is 0 Å². The van der Waals surface area contributed by atoms with Crippen LogP contribution in [-0.2, 0) is 0 Å². The normalized spacial score (nSPS) is 13.4. The third-order valence-corrected chi connectivity index (χ3v) is 5.69. The third kappa shape index (κ3) is 2.20. The van der Waals surface area contributed by atoms with Crippen LogP contribution in [0.25, 0.3) is 10.8 Å². The fourth-order valence-corrected chi connectivity index (χ4v) is 4.43. The summed E-state index contributed by atoms with van der Waals surface area (Å²) < 4.78 is 0. The van der Waals surface area contributed by atoms with E-state index < -0.39 is 0 Å². The Morgan fingerprint density at radius 1 is 0.750 bits per heavy atom. The summed E-state index contributed by atoms with van der Waals surface area (Å²) in [5.41, 5.74) is 4.45. The van der Waals surface area contributed by atoms with Crippen molar-refractivity contribution in [3.8, 4) is 11.5 Å². The third-order valence-electron chi connectivity index (χ3n) is 5.69. The highest BCUT2D eigenvalue weighted by Crippen LogP contribution is 2.47. The predicted molar refractivity (Wildman–Crippen MR) is 109 cm³/mol. The van der Waals surface area contributed by atoms with E-state index in [9.17, 15) is 15.0 Å². The van der Waals surface area contributed by atoms with E-state index in [1.54, 1.807) is 6.07 Å². The minimum absolute atomic E-state index is 0.0113. The Labute approximate surface area is 162 Å². The zero-order valence-corrected chi connectivity index (χ0v) is 15.3. The number of ketones is 1. The summed E-state index contributed by atoms with van der Waals surface area (Å²) in [7, 11) is 0. The summed E-state index contributed by atoms with van der Waals surface area (Å²) >= 11 is 0. The molecule has 0 saturated carbocycles. The monoisotopic (exact) mass is 366 g/mol. The molecule has 0 saturated heterocycles. The molecule has 28 heavy (non-hydrogen) atoms. The van der Waals surface area contributed by atoms with Crippen molar-refractivity contribution >= 4 is 16.6 Å². The lowest BCUT2D eigenvalue weighted by molar-refractivity contribution is 0.103. The smallest absolute Gasteiger partial charge is 0.193 e. The lowest BCUT2D eigenvalue weighted by atomic mass is 9.73. The molecule has 0 unspecified atom stereocenters. The Morgan fingerprint density at radius 2 is 1.36 bits per heavy atom. The molecule has 0 aromatic heterocycles. The zero-order chi connectivity index (χ0) is 19.4. The van der Waals surface area contributed by atoms with Crippen molar-refractivity contribution in [3.63, 3.8) is 0 Å². The van der Waals surface area contributed by atoms with Crippen molar-refractivity contribution in [1.82, 2.24) is 0 Å². The van der Waals surface area contributed by atoms with Crippen molar-refractivity contribution in [3.05, 3.63) is 106 Å². The second-order valence-electron chi connectivity index (χ2n) is 7.27. The molecule has 0 spiro atoms. The summed E-state index contributed by atoms with van der Waals surface area (Å²) in [5.74, 6) is -0.0723. The lowest BCUT2D eigenvalue weighted by Gasteiger charge is -2.29. The van der Waals surface area contributed by atoms with Gasteiger partial charge in [-0.3, -0.25) is 4.79 Å². The van der Waals surface area contributed by atoms with Gasteiger partial charge in [0.05, 0.1) is 0 Å². The van der Waals surface area contributed by atoms with Gasteiger partial charge in [0.15, 0.2) is 5.78 Å². The number of hydrogen-bond donors (Lipinski definition) is 2. The van der Waals surface area contributed by atoms with E-state index >= 15 is 0 Å². The molecule has 136 valence electrons. The first-order chi connectivity index (χ1) is 13.6. The molecule has 0 amide bonds. The molecule has 4 aromatic carbocycles. The highest BCUT2D eigenvalue weighted by molar-refractivity contribution is 6.13. The second-order valence-corrected chi connectivity index (χ2v) is 7.27. The highest BCUT2D eigenvalue weighted by atomic mass is 16.3. The number of phenols is 2. The summed E-state index contributed by atoms with van der Waals surface area (Å²) in [6.45, 7) is 1.91. The van der Waals surface area contributed by atoms with Gasteiger partial charge < -0.3 is 10.2 Å². The maximum atomic E-state index is 13.0. The molecule has 0 radical (unpaired) electrons. The van der Waals surface area contributed by atoms with Gasteiger partial charge in [-0.05, 0) is 29.7 Å². The number of carbonyl (C=O) groups is 1. The Hall–Kier alpha value is -3.59. The Kier molecular flexibility index (Phi) is 3.53. The van der Waals surface area contributed by atoms with Gasteiger partial charge in [-0.15, -0.1) is 0 Å². The molecule has 5 rings (SSSR count). The Morgan fingerprint density at radius 3 is 2.00 bits per heavy atom. The first-order valence-corrected chi connectivity index (χ1v) is 9.24. The van der Waals surface area contributed by atoms with Crippen molar-refractivity contribution < 1.29 is 15.0 Å². The standard InChI is InChI=1S/C25H18O3/c1-14-7-6-12-19-22(14)21(26)13-20(25(19)28)23-15-8-2-4-10-17(15)24(27)18-11-5-3-9-16(18)23/h2-13,23,26,28H,1H3. The number of hydrogen-bond acceptors (Lipinski definition) is 3. The van der Waals surface area contributed by atoms with E-state index in [-0.39, 0.29) is 23.2 Å². The molecule has 3 nitrogen and oxygen atoms in total. The van der Waals surface area contributed by atoms with Crippen LogP contribution in [-0.4, -0.2) is 16.0 Å². The molecule has 2 N–H and O–H groups in total. The van der Waals surface area contributed by atoms with E-state index in [0.717, 1.165) is 16.7 Å². The highest BCUT2D eigenvalue weighted by Gasteiger charge is 2.33. The zero-order valence-electron chi connectivity index (χ0n) is 15.3.